The standard InChI is InChI=1S/C17H16FN3O/c18-13-5-1-6-14(10-13)21-16(12-4-3-9-22-11-12)20-15-7-2-8-19-17(15)21/h1-2,5-8,10,12H,3-4,9,11H2. The number of hydrogen-bond acceptors (Lipinski definition) is 3. The average Bonchev–Trinajstić information content (AvgIpc) is 2.95. The van der Waals surface area contributed by atoms with Crippen LogP contribution in [-0.2, 0) is 4.74 Å². The molecule has 5 heteroatoms. The quantitative estimate of drug-likeness (QED) is 0.727. The van der Waals surface area contributed by atoms with Gasteiger partial charge in [-0.15, -0.1) is 0 Å². The Bertz CT molecular complexity index is 809. The fourth-order valence-corrected chi connectivity index (χ4v) is 3.02. The monoisotopic (exact) mass is 297 g/mol. The number of hydrogen-bond donors (Lipinski definition) is 0. The van der Waals surface area contributed by atoms with Crippen molar-refractivity contribution in [2.45, 2.75) is 18.8 Å². The van der Waals surface area contributed by atoms with E-state index in [2.05, 4.69) is 4.98 Å². The van der Waals surface area contributed by atoms with Crippen LogP contribution in [0.4, 0.5) is 4.39 Å². The summed E-state index contributed by atoms with van der Waals surface area (Å²) in [6.07, 6.45) is 3.78. The zero-order chi connectivity index (χ0) is 14.9. The van der Waals surface area contributed by atoms with E-state index in [-0.39, 0.29) is 11.7 Å². The number of nitrogens with zero attached hydrogens (tertiary/aromatic N) is 3. The summed E-state index contributed by atoms with van der Waals surface area (Å²) in [5.74, 6) is 0.853. The lowest BCUT2D eigenvalue weighted by Crippen LogP contribution is -2.19. The molecule has 3 heterocycles. The van der Waals surface area contributed by atoms with Gasteiger partial charge in [0.25, 0.3) is 0 Å². The summed E-state index contributed by atoms with van der Waals surface area (Å²) in [4.78, 5) is 9.18. The van der Waals surface area contributed by atoms with Gasteiger partial charge in [0.15, 0.2) is 5.65 Å². The molecule has 0 saturated carbocycles. The molecular weight excluding hydrogens is 281 g/mol. The van der Waals surface area contributed by atoms with E-state index in [1.54, 1.807) is 12.3 Å². The molecule has 4 nitrogen and oxygen atoms in total. The van der Waals surface area contributed by atoms with E-state index in [1.165, 1.54) is 12.1 Å². The Morgan fingerprint density at radius 2 is 2.18 bits per heavy atom. The van der Waals surface area contributed by atoms with Gasteiger partial charge in [-0.3, -0.25) is 4.57 Å². The van der Waals surface area contributed by atoms with Crippen LogP contribution in [0.3, 0.4) is 0 Å². The van der Waals surface area contributed by atoms with Crippen molar-refractivity contribution < 1.29 is 9.13 Å². The molecule has 0 aliphatic carbocycles. The van der Waals surface area contributed by atoms with Crippen molar-refractivity contribution in [3.05, 3.63) is 54.2 Å². The Labute approximate surface area is 127 Å². The number of rotatable bonds is 2. The molecule has 0 bridgehead atoms. The molecule has 0 radical (unpaired) electrons. The number of fused-ring (bicyclic) bond motifs is 1. The SMILES string of the molecule is Fc1cccc(-n2c(C3CCCOC3)nc3cccnc32)c1. The minimum atomic E-state index is -0.263. The maximum Gasteiger partial charge on any atom is 0.164 e. The Balaban J connectivity index is 1.93. The normalized spacial score (nSPS) is 18.7. The van der Waals surface area contributed by atoms with E-state index in [4.69, 9.17) is 9.72 Å². The van der Waals surface area contributed by atoms with Crippen LogP contribution in [0, 0.1) is 5.82 Å². The van der Waals surface area contributed by atoms with Gasteiger partial charge in [0.2, 0.25) is 0 Å². The second kappa shape index (κ2) is 5.50. The summed E-state index contributed by atoms with van der Waals surface area (Å²) in [6, 6.07) is 10.4. The summed E-state index contributed by atoms with van der Waals surface area (Å²) in [7, 11) is 0. The van der Waals surface area contributed by atoms with Crippen LogP contribution in [0.2, 0.25) is 0 Å². The van der Waals surface area contributed by atoms with Gasteiger partial charge in [-0.05, 0) is 43.2 Å². The van der Waals surface area contributed by atoms with Crippen LogP contribution in [0.5, 0.6) is 0 Å². The fourth-order valence-electron chi connectivity index (χ4n) is 3.02. The van der Waals surface area contributed by atoms with E-state index in [0.29, 0.717) is 6.61 Å². The molecule has 0 N–H and O–H groups in total. The molecule has 112 valence electrons. The molecule has 3 aromatic rings. The van der Waals surface area contributed by atoms with Gasteiger partial charge in [-0.1, -0.05) is 6.07 Å². The molecule has 4 rings (SSSR count). The highest BCUT2D eigenvalue weighted by Crippen LogP contribution is 2.30. The summed E-state index contributed by atoms with van der Waals surface area (Å²) in [6.45, 7) is 1.45. The number of aromatic nitrogens is 3. The van der Waals surface area contributed by atoms with Crippen LogP contribution in [-0.4, -0.2) is 27.7 Å². The van der Waals surface area contributed by atoms with Gasteiger partial charge in [0.1, 0.15) is 17.2 Å². The van der Waals surface area contributed by atoms with Gasteiger partial charge in [-0.2, -0.15) is 0 Å². The van der Waals surface area contributed by atoms with E-state index >= 15 is 0 Å². The zero-order valence-electron chi connectivity index (χ0n) is 12.1. The number of halogens is 1. The third-order valence-corrected chi connectivity index (χ3v) is 4.03. The predicted octanol–water partition coefficient (Wildman–Crippen LogP) is 3.45. The van der Waals surface area contributed by atoms with E-state index < -0.39 is 0 Å². The molecular formula is C17H16FN3O. The number of pyridine rings is 1. The van der Waals surface area contributed by atoms with E-state index in [1.807, 2.05) is 22.8 Å². The zero-order valence-corrected chi connectivity index (χ0v) is 12.1. The summed E-state index contributed by atoms with van der Waals surface area (Å²) < 4.78 is 21.2. The first kappa shape index (κ1) is 13.4. The minimum Gasteiger partial charge on any atom is -0.381 e. The van der Waals surface area contributed by atoms with Crippen LogP contribution in [0.1, 0.15) is 24.6 Å². The Hall–Kier alpha value is -2.27. The largest absolute Gasteiger partial charge is 0.381 e. The molecule has 1 aromatic carbocycles. The van der Waals surface area contributed by atoms with Gasteiger partial charge < -0.3 is 4.74 Å². The van der Waals surface area contributed by atoms with Crippen molar-refractivity contribution in [1.29, 1.82) is 0 Å². The van der Waals surface area contributed by atoms with Gasteiger partial charge in [-0.25, -0.2) is 14.4 Å². The van der Waals surface area contributed by atoms with Gasteiger partial charge >= 0.3 is 0 Å². The molecule has 22 heavy (non-hydrogen) atoms. The Morgan fingerprint density at radius 3 is 3.00 bits per heavy atom. The van der Waals surface area contributed by atoms with Crippen molar-refractivity contribution in [2.24, 2.45) is 0 Å². The third-order valence-electron chi connectivity index (χ3n) is 4.03. The van der Waals surface area contributed by atoms with Crippen molar-refractivity contribution >= 4 is 11.2 Å². The average molecular weight is 297 g/mol. The second-order valence-corrected chi connectivity index (χ2v) is 5.55. The molecule has 1 atom stereocenters. The van der Waals surface area contributed by atoms with Gasteiger partial charge in [0, 0.05) is 18.7 Å². The molecule has 1 unspecified atom stereocenters. The first-order valence-electron chi connectivity index (χ1n) is 7.50. The summed E-state index contributed by atoms with van der Waals surface area (Å²) in [5.41, 5.74) is 2.34. The van der Waals surface area contributed by atoms with Crippen molar-refractivity contribution in [3.63, 3.8) is 0 Å². The number of ether oxygens (including phenoxy) is 1. The smallest absolute Gasteiger partial charge is 0.164 e. The Kier molecular flexibility index (Phi) is 3.35. The highest BCUT2D eigenvalue weighted by atomic mass is 19.1. The second-order valence-electron chi connectivity index (χ2n) is 5.55. The maximum atomic E-state index is 13.7. The van der Waals surface area contributed by atoms with Crippen LogP contribution >= 0.6 is 0 Å². The first-order valence-corrected chi connectivity index (χ1v) is 7.50. The van der Waals surface area contributed by atoms with Crippen LogP contribution < -0.4 is 0 Å². The van der Waals surface area contributed by atoms with Crippen molar-refractivity contribution in [1.82, 2.24) is 14.5 Å². The highest BCUT2D eigenvalue weighted by molar-refractivity contribution is 5.74. The molecule has 1 aliphatic heterocycles. The fraction of sp³-hybridized carbons (Fsp3) is 0.294. The molecule has 1 aliphatic rings. The topological polar surface area (TPSA) is 39.9 Å². The van der Waals surface area contributed by atoms with Crippen LogP contribution in [0.25, 0.3) is 16.9 Å². The van der Waals surface area contributed by atoms with Crippen molar-refractivity contribution in [2.75, 3.05) is 13.2 Å². The highest BCUT2D eigenvalue weighted by Gasteiger charge is 2.24. The number of benzene rings is 1. The first-order chi connectivity index (χ1) is 10.8. The lowest BCUT2D eigenvalue weighted by Gasteiger charge is -2.22. The predicted molar refractivity (Wildman–Crippen MR) is 81.6 cm³/mol. The third kappa shape index (κ3) is 2.27. The maximum absolute atomic E-state index is 13.7. The van der Waals surface area contributed by atoms with E-state index in [9.17, 15) is 4.39 Å². The molecule has 0 amide bonds. The molecule has 1 saturated heterocycles. The van der Waals surface area contributed by atoms with Crippen molar-refractivity contribution in [3.8, 4) is 5.69 Å². The summed E-state index contributed by atoms with van der Waals surface area (Å²) >= 11 is 0. The van der Waals surface area contributed by atoms with Crippen LogP contribution in [0.15, 0.2) is 42.6 Å². The molecule has 2 aromatic heterocycles. The van der Waals surface area contributed by atoms with Gasteiger partial charge in [0.05, 0.1) is 12.3 Å². The molecule has 1 fully saturated rings. The summed E-state index contributed by atoms with van der Waals surface area (Å²) in [5, 5.41) is 0. The minimum absolute atomic E-state index is 0.214. The molecule has 0 spiro atoms. The lowest BCUT2D eigenvalue weighted by molar-refractivity contribution is 0.0778. The Morgan fingerprint density at radius 1 is 1.23 bits per heavy atom. The number of imidazole rings is 1. The van der Waals surface area contributed by atoms with E-state index in [0.717, 1.165) is 42.1 Å². The lowest BCUT2D eigenvalue weighted by atomic mass is 10.0.